The molecule has 1 heterocycles. The predicted octanol–water partition coefficient (Wildman–Crippen LogP) is 0.862. The van der Waals surface area contributed by atoms with Crippen LogP contribution < -0.4 is 5.73 Å². The van der Waals surface area contributed by atoms with Crippen molar-refractivity contribution in [2.45, 2.75) is 30.7 Å². The average Bonchev–Trinajstić information content (AvgIpc) is 2.82. The van der Waals surface area contributed by atoms with E-state index < -0.39 is 21.9 Å². The molecule has 0 unspecified atom stereocenters. The first-order valence-corrected chi connectivity index (χ1v) is 7.50. The van der Waals surface area contributed by atoms with E-state index in [0.29, 0.717) is 19.4 Å². The highest BCUT2D eigenvalue weighted by molar-refractivity contribution is 7.89. The number of hydrogen-bond donors (Lipinski definition) is 2. The molecule has 5 nitrogen and oxygen atoms in total. The summed E-state index contributed by atoms with van der Waals surface area (Å²) in [5, 5.41) is 9.22. The number of aliphatic hydroxyl groups is 1. The van der Waals surface area contributed by atoms with Gasteiger partial charge in [-0.05, 0) is 31.9 Å². The van der Waals surface area contributed by atoms with E-state index in [-0.39, 0.29) is 22.8 Å². The number of nitrogen functional groups attached to an aromatic ring is 1. The number of rotatable bonds is 3. The molecule has 1 aliphatic rings. The molecule has 1 fully saturated rings. The number of nitrogens with two attached hydrogens (primary N) is 1. The van der Waals surface area contributed by atoms with Crippen molar-refractivity contribution < 1.29 is 17.9 Å². The van der Waals surface area contributed by atoms with Crippen molar-refractivity contribution in [3.05, 3.63) is 23.5 Å². The van der Waals surface area contributed by atoms with Gasteiger partial charge < -0.3 is 10.8 Å². The molecule has 19 heavy (non-hydrogen) atoms. The molecule has 0 aromatic heterocycles. The van der Waals surface area contributed by atoms with Crippen LogP contribution in [0.1, 0.15) is 18.4 Å². The first kappa shape index (κ1) is 14.2. The Hall–Kier alpha value is -1.18. The first-order valence-electron chi connectivity index (χ1n) is 6.06. The Morgan fingerprint density at radius 2 is 2.21 bits per heavy atom. The molecule has 3 N–H and O–H groups in total. The molecule has 1 aromatic rings. The maximum atomic E-state index is 13.6. The molecule has 0 radical (unpaired) electrons. The summed E-state index contributed by atoms with van der Waals surface area (Å²) < 4.78 is 39.9. The average molecular weight is 288 g/mol. The molecular formula is C12H17FN2O3S. The van der Waals surface area contributed by atoms with E-state index >= 15 is 0 Å². The molecule has 0 aliphatic carbocycles. The third-order valence-electron chi connectivity index (χ3n) is 3.44. The van der Waals surface area contributed by atoms with Crippen LogP contribution in [-0.2, 0) is 10.0 Å². The smallest absolute Gasteiger partial charge is 0.243 e. The van der Waals surface area contributed by atoms with Crippen molar-refractivity contribution >= 4 is 15.7 Å². The summed E-state index contributed by atoms with van der Waals surface area (Å²) in [4.78, 5) is -0.120. The van der Waals surface area contributed by atoms with Gasteiger partial charge in [0.15, 0.2) is 0 Å². The van der Waals surface area contributed by atoms with E-state index in [4.69, 9.17) is 5.73 Å². The highest BCUT2D eigenvalue weighted by Gasteiger charge is 2.36. The number of hydrogen-bond acceptors (Lipinski definition) is 4. The molecule has 2 rings (SSSR count). The van der Waals surface area contributed by atoms with Crippen LogP contribution in [-0.4, -0.2) is 37.0 Å². The van der Waals surface area contributed by atoms with Crippen LogP contribution in [0.4, 0.5) is 10.1 Å². The molecule has 1 atom stereocenters. The third-order valence-corrected chi connectivity index (χ3v) is 5.52. The van der Waals surface area contributed by atoms with Gasteiger partial charge in [-0.3, -0.25) is 0 Å². The van der Waals surface area contributed by atoms with E-state index in [1.165, 1.54) is 17.3 Å². The van der Waals surface area contributed by atoms with Gasteiger partial charge in [0.1, 0.15) is 5.82 Å². The topological polar surface area (TPSA) is 83.6 Å². The van der Waals surface area contributed by atoms with Crippen molar-refractivity contribution in [1.29, 1.82) is 0 Å². The van der Waals surface area contributed by atoms with Gasteiger partial charge in [-0.2, -0.15) is 4.31 Å². The van der Waals surface area contributed by atoms with E-state index in [2.05, 4.69) is 0 Å². The van der Waals surface area contributed by atoms with Gasteiger partial charge in [-0.1, -0.05) is 0 Å². The SMILES string of the molecule is Cc1c(F)cc(N)cc1S(=O)(=O)N1CCC[C@@H]1CO. The van der Waals surface area contributed by atoms with E-state index in [1.54, 1.807) is 0 Å². The van der Waals surface area contributed by atoms with E-state index in [0.717, 1.165) is 6.07 Å². The van der Waals surface area contributed by atoms with Gasteiger partial charge in [0.2, 0.25) is 10.0 Å². The first-order chi connectivity index (χ1) is 8.87. The van der Waals surface area contributed by atoms with Gasteiger partial charge in [-0.25, -0.2) is 12.8 Å². The van der Waals surface area contributed by atoms with Crippen LogP contribution in [0.25, 0.3) is 0 Å². The number of aliphatic hydroxyl groups excluding tert-OH is 1. The highest BCUT2D eigenvalue weighted by atomic mass is 32.2. The lowest BCUT2D eigenvalue weighted by Gasteiger charge is -2.23. The minimum Gasteiger partial charge on any atom is -0.399 e. The minimum absolute atomic E-state index is 0.0535. The Morgan fingerprint density at radius 1 is 1.53 bits per heavy atom. The summed E-state index contributed by atoms with van der Waals surface area (Å²) in [6.07, 6.45) is 1.30. The molecule has 106 valence electrons. The fourth-order valence-corrected chi connectivity index (χ4v) is 4.33. The molecular weight excluding hydrogens is 271 g/mol. The fraction of sp³-hybridized carbons (Fsp3) is 0.500. The van der Waals surface area contributed by atoms with Gasteiger partial charge >= 0.3 is 0 Å². The Kier molecular flexibility index (Phi) is 3.80. The van der Waals surface area contributed by atoms with Crippen LogP contribution in [0.2, 0.25) is 0 Å². The molecule has 7 heteroatoms. The van der Waals surface area contributed by atoms with Crippen molar-refractivity contribution in [2.75, 3.05) is 18.9 Å². The monoisotopic (exact) mass is 288 g/mol. The molecule has 1 aliphatic heterocycles. The zero-order valence-corrected chi connectivity index (χ0v) is 11.5. The van der Waals surface area contributed by atoms with Crippen LogP contribution >= 0.6 is 0 Å². The Morgan fingerprint density at radius 3 is 2.84 bits per heavy atom. The summed E-state index contributed by atoms with van der Waals surface area (Å²) in [5.74, 6) is -0.640. The number of sulfonamides is 1. The summed E-state index contributed by atoms with van der Waals surface area (Å²) >= 11 is 0. The van der Waals surface area contributed by atoms with Crippen LogP contribution in [0.5, 0.6) is 0 Å². The molecule has 0 bridgehead atoms. The second kappa shape index (κ2) is 5.07. The lowest BCUT2D eigenvalue weighted by Crippen LogP contribution is -2.38. The third kappa shape index (κ3) is 2.45. The van der Waals surface area contributed by atoms with Gasteiger partial charge in [-0.15, -0.1) is 0 Å². The predicted molar refractivity (Wildman–Crippen MR) is 69.5 cm³/mol. The number of benzene rings is 1. The standard InChI is InChI=1S/C12H17FN2O3S/c1-8-11(13)5-9(14)6-12(8)19(17,18)15-4-2-3-10(15)7-16/h5-6,10,16H,2-4,7,14H2,1H3/t10-/m1/s1. The molecule has 0 amide bonds. The van der Waals surface area contributed by atoms with Gasteiger partial charge in [0.25, 0.3) is 0 Å². The van der Waals surface area contributed by atoms with Crippen LogP contribution in [0, 0.1) is 12.7 Å². The summed E-state index contributed by atoms with van der Waals surface area (Å²) in [7, 11) is -3.82. The van der Waals surface area contributed by atoms with Crippen molar-refractivity contribution in [2.24, 2.45) is 0 Å². The quantitative estimate of drug-likeness (QED) is 0.808. The van der Waals surface area contributed by atoms with E-state index in [9.17, 15) is 17.9 Å². The van der Waals surface area contributed by atoms with Crippen molar-refractivity contribution in [3.63, 3.8) is 0 Å². The zero-order chi connectivity index (χ0) is 14.2. The fourth-order valence-electron chi connectivity index (χ4n) is 2.38. The Labute approximate surface area is 111 Å². The summed E-state index contributed by atoms with van der Waals surface area (Å²) in [5.41, 5.74) is 5.64. The van der Waals surface area contributed by atoms with Crippen molar-refractivity contribution in [3.8, 4) is 0 Å². The largest absolute Gasteiger partial charge is 0.399 e. The molecule has 1 aromatic carbocycles. The number of halogens is 1. The molecule has 0 spiro atoms. The van der Waals surface area contributed by atoms with Crippen LogP contribution in [0.3, 0.4) is 0 Å². The summed E-state index contributed by atoms with van der Waals surface area (Å²) in [6.45, 7) is 1.51. The van der Waals surface area contributed by atoms with E-state index in [1.807, 2.05) is 0 Å². The molecule has 0 saturated carbocycles. The number of nitrogens with zero attached hydrogens (tertiary/aromatic N) is 1. The lowest BCUT2D eigenvalue weighted by molar-refractivity contribution is 0.213. The normalized spacial score (nSPS) is 20.9. The highest BCUT2D eigenvalue weighted by Crippen LogP contribution is 2.29. The lowest BCUT2D eigenvalue weighted by atomic mass is 10.2. The minimum atomic E-state index is -3.82. The second-order valence-electron chi connectivity index (χ2n) is 4.72. The summed E-state index contributed by atoms with van der Waals surface area (Å²) in [6, 6.07) is 1.93. The molecule has 1 saturated heterocycles. The van der Waals surface area contributed by atoms with Gasteiger partial charge in [0.05, 0.1) is 11.5 Å². The van der Waals surface area contributed by atoms with Crippen molar-refractivity contribution in [1.82, 2.24) is 4.31 Å². The Balaban J connectivity index is 2.51. The second-order valence-corrected chi connectivity index (χ2v) is 6.58. The van der Waals surface area contributed by atoms with Gasteiger partial charge in [0, 0.05) is 23.8 Å². The van der Waals surface area contributed by atoms with Crippen LogP contribution in [0.15, 0.2) is 17.0 Å². The maximum absolute atomic E-state index is 13.6. The maximum Gasteiger partial charge on any atom is 0.243 e. The Bertz CT molecular complexity index is 589. The zero-order valence-electron chi connectivity index (χ0n) is 10.6. The number of anilines is 1.